The van der Waals surface area contributed by atoms with E-state index in [1.807, 2.05) is 60.6 Å². The second-order valence-electron chi connectivity index (χ2n) is 8.67. The molecule has 1 aliphatic heterocycles. The van der Waals surface area contributed by atoms with Crippen molar-refractivity contribution in [2.24, 2.45) is 0 Å². The topological polar surface area (TPSA) is 40.4 Å². The number of aromatic nitrogens is 3. The van der Waals surface area contributed by atoms with Gasteiger partial charge in [-0.1, -0.05) is 0 Å². The number of likely N-dealkylation sites (N-methyl/N-ethyl adjacent to an activating group) is 1. The summed E-state index contributed by atoms with van der Waals surface area (Å²) >= 11 is 1.26. The van der Waals surface area contributed by atoms with Gasteiger partial charge in [-0.15, -0.1) is 0 Å². The van der Waals surface area contributed by atoms with Crippen molar-refractivity contribution in [2.45, 2.75) is 4.90 Å². The summed E-state index contributed by atoms with van der Waals surface area (Å²) < 4.78 is 31.8. The minimum Gasteiger partial charge on any atom is -0.376 e. The number of piperazine rings is 1. The van der Waals surface area contributed by atoms with Gasteiger partial charge in [0.15, 0.2) is 11.6 Å². The van der Waals surface area contributed by atoms with Crippen LogP contribution in [0.15, 0.2) is 60.0 Å². The number of nitrogens with zero attached hydrogens (tertiary/aromatic N) is 6. The molecule has 0 spiro atoms. The fourth-order valence-electron chi connectivity index (χ4n) is 4.17. The third kappa shape index (κ3) is 4.33. The molecule has 0 unspecified atom stereocenters. The molecule has 1 saturated heterocycles. The Balaban J connectivity index is 1.43. The van der Waals surface area contributed by atoms with Crippen molar-refractivity contribution < 1.29 is 8.78 Å². The summed E-state index contributed by atoms with van der Waals surface area (Å²) in [5, 5.41) is 0.975. The van der Waals surface area contributed by atoms with Gasteiger partial charge in [-0.25, -0.2) is 8.78 Å². The van der Waals surface area contributed by atoms with Gasteiger partial charge in [0.2, 0.25) is 0 Å². The van der Waals surface area contributed by atoms with Crippen molar-refractivity contribution in [1.29, 1.82) is 0 Å². The maximum atomic E-state index is 15.0. The molecule has 6 nitrogen and oxygen atoms in total. The number of fused-ring (bicyclic) bond motifs is 1. The predicted octanol–water partition coefficient (Wildman–Crippen LogP) is 4.75. The first kappa shape index (κ1) is 22.6. The zero-order valence-corrected chi connectivity index (χ0v) is 20.2. The highest BCUT2D eigenvalue weighted by atomic mass is 32.2. The van der Waals surface area contributed by atoms with Gasteiger partial charge in [0.05, 0.1) is 29.3 Å². The van der Waals surface area contributed by atoms with E-state index in [1.165, 1.54) is 24.1 Å². The van der Waals surface area contributed by atoms with E-state index in [0.717, 1.165) is 40.9 Å². The summed E-state index contributed by atoms with van der Waals surface area (Å²) in [6.07, 6.45) is 7.26. The van der Waals surface area contributed by atoms with E-state index in [4.69, 9.17) is 0 Å². The van der Waals surface area contributed by atoms with Crippen LogP contribution in [0.3, 0.4) is 0 Å². The summed E-state index contributed by atoms with van der Waals surface area (Å²) in [4.78, 5) is 15.4. The Morgan fingerprint density at radius 3 is 2.32 bits per heavy atom. The Kier molecular flexibility index (Phi) is 6.14. The third-order valence-electron chi connectivity index (χ3n) is 6.13. The van der Waals surface area contributed by atoms with Crippen molar-refractivity contribution in [3.05, 3.63) is 66.8 Å². The van der Waals surface area contributed by atoms with E-state index in [9.17, 15) is 8.78 Å². The number of hydrogen-bond acceptors (Lipinski definition) is 6. The van der Waals surface area contributed by atoms with Crippen LogP contribution in [-0.4, -0.2) is 66.2 Å². The molecule has 0 aliphatic carbocycles. The van der Waals surface area contributed by atoms with Crippen LogP contribution in [0.2, 0.25) is 0 Å². The van der Waals surface area contributed by atoms with Crippen LogP contribution in [0.4, 0.5) is 20.2 Å². The molecule has 1 fully saturated rings. The van der Waals surface area contributed by atoms with Crippen molar-refractivity contribution in [3.63, 3.8) is 0 Å². The maximum absolute atomic E-state index is 15.0. The Morgan fingerprint density at radius 2 is 1.68 bits per heavy atom. The summed E-state index contributed by atoms with van der Waals surface area (Å²) in [5.74, 6) is -1.07. The van der Waals surface area contributed by atoms with Gasteiger partial charge in [0.1, 0.15) is 5.69 Å². The first-order valence-electron chi connectivity index (χ1n) is 11.1. The predicted molar refractivity (Wildman–Crippen MR) is 135 cm³/mol. The lowest BCUT2D eigenvalue weighted by molar-refractivity contribution is 0.310. The molecule has 5 rings (SSSR count). The van der Waals surface area contributed by atoms with Crippen LogP contribution in [0.25, 0.3) is 22.2 Å². The zero-order valence-electron chi connectivity index (χ0n) is 19.4. The number of rotatable bonds is 5. The SMILES string of the molecule is CN1CCN(c2c(F)cc(Sn3ccc4c(-c5ccc(N(C)C)cn5)cncc43)cc2F)CC1. The van der Waals surface area contributed by atoms with E-state index in [1.54, 1.807) is 17.3 Å². The van der Waals surface area contributed by atoms with Gasteiger partial charge in [0.25, 0.3) is 0 Å². The number of benzene rings is 1. The Labute approximate surface area is 202 Å². The molecule has 0 radical (unpaired) electrons. The summed E-state index contributed by atoms with van der Waals surface area (Å²) in [7, 11) is 5.96. The van der Waals surface area contributed by atoms with Gasteiger partial charge in [-0.3, -0.25) is 13.9 Å². The summed E-state index contributed by atoms with van der Waals surface area (Å²) in [6, 6.07) is 8.78. The van der Waals surface area contributed by atoms with Gasteiger partial charge in [-0.2, -0.15) is 0 Å². The standard InChI is InChI=1S/C25H26F2N6S/c1-30(2)17-4-5-23(29-14-17)20-15-28-16-24-19(20)6-7-33(24)34-18-12-21(26)25(22(27)13-18)32-10-8-31(3)9-11-32/h4-7,12-16H,8-11H2,1-3H3. The van der Waals surface area contributed by atoms with Crippen molar-refractivity contribution >= 4 is 34.2 Å². The molecule has 4 aromatic rings. The lowest BCUT2D eigenvalue weighted by Gasteiger charge is -2.34. The molecule has 0 N–H and O–H groups in total. The Bertz CT molecular complexity index is 1290. The zero-order chi connectivity index (χ0) is 23.8. The maximum Gasteiger partial charge on any atom is 0.150 e. The van der Waals surface area contributed by atoms with Gasteiger partial charge in [0, 0.05) is 68.5 Å². The molecular weight excluding hydrogens is 454 g/mol. The van der Waals surface area contributed by atoms with Gasteiger partial charge in [-0.05, 0) is 49.3 Å². The van der Waals surface area contributed by atoms with Crippen LogP contribution in [0, 0.1) is 11.6 Å². The molecule has 0 bridgehead atoms. The number of halogens is 2. The van der Waals surface area contributed by atoms with Crippen molar-refractivity contribution in [3.8, 4) is 11.3 Å². The van der Waals surface area contributed by atoms with Gasteiger partial charge < -0.3 is 14.7 Å². The lowest BCUT2D eigenvalue weighted by Crippen LogP contribution is -2.45. The molecule has 1 aliphatic rings. The monoisotopic (exact) mass is 480 g/mol. The third-order valence-corrected chi connectivity index (χ3v) is 7.10. The molecular formula is C25H26F2N6S. The quantitative estimate of drug-likeness (QED) is 0.411. The Hall–Kier alpha value is -3.17. The van der Waals surface area contributed by atoms with Crippen LogP contribution in [0.1, 0.15) is 0 Å². The van der Waals surface area contributed by atoms with E-state index < -0.39 is 11.6 Å². The number of pyridine rings is 2. The van der Waals surface area contributed by atoms with Crippen LogP contribution in [-0.2, 0) is 0 Å². The minimum atomic E-state index is -0.535. The van der Waals surface area contributed by atoms with Crippen LogP contribution < -0.4 is 9.80 Å². The number of hydrogen-bond donors (Lipinski definition) is 0. The van der Waals surface area contributed by atoms with Crippen LogP contribution in [0.5, 0.6) is 0 Å². The highest BCUT2D eigenvalue weighted by Gasteiger charge is 2.22. The van der Waals surface area contributed by atoms with Crippen molar-refractivity contribution in [1.82, 2.24) is 18.8 Å². The highest BCUT2D eigenvalue weighted by Crippen LogP contribution is 2.35. The second-order valence-corrected chi connectivity index (χ2v) is 9.72. The van der Waals surface area contributed by atoms with E-state index in [2.05, 4.69) is 14.9 Å². The summed E-state index contributed by atoms with van der Waals surface area (Å²) in [5.41, 5.74) is 3.65. The summed E-state index contributed by atoms with van der Waals surface area (Å²) in [6.45, 7) is 2.79. The van der Waals surface area contributed by atoms with Crippen LogP contribution >= 0.6 is 11.9 Å². The molecule has 0 atom stereocenters. The molecule has 1 aromatic carbocycles. The molecule has 4 heterocycles. The molecule has 0 amide bonds. The number of anilines is 2. The highest BCUT2D eigenvalue weighted by molar-refractivity contribution is 7.98. The van der Waals surface area contributed by atoms with E-state index in [-0.39, 0.29) is 5.69 Å². The normalized spacial score (nSPS) is 14.7. The first-order valence-corrected chi connectivity index (χ1v) is 11.9. The second kappa shape index (κ2) is 9.23. The molecule has 3 aromatic heterocycles. The molecule has 176 valence electrons. The average molecular weight is 481 g/mol. The molecule has 34 heavy (non-hydrogen) atoms. The molecule has 0 saturated carbocycles. The lowest BCUT2D eigenvalue weighted by atomic mass is 10.1. The fraction of sp³-hybridized carbons (Fsp3) is 0.280. The molecule has 9 heteroatoms. The largest absolute Gasteiger partial charge is 0.376 e. The van der Waals surface area contributed by atoms with Gasteiger partial charge >= 0.3 is 0 Å². The Morgan fingerprint density at radius 1 is 0.941 bits per heavy atom. The van der Waals surface area contributed by atoms with E-state index in [0.29, 0.717) is 18.0 Å². The average Bonchev–Trinajstić information content (AvgIpc) is 3.23. The van der Waals surface area contributed by atoms with Crippen molar-refractivity contribution in [2.75, 3.05) is 57.1 Å². The van der Waals surface area contributed by atoms with E-state index >= 15 is 0 Å². The fourth-order valence-corrected chi connectivity index (χ4v) is 5.07. The minimum absolute atomic E-state index is 0.0611. The smallest absolute Gasteiger partial charge is 0.150 e. The first-order chi connectivity index (χ1) is 16.4.